The molecular weight excluding hydrogens is 250 g/mol. The van der Waals surface area contributed by atoms with E-state index in [1.54, 1.807) is 0 Å². The van der Waals surface area contributed by atoms with Gasteiger partial charge in [0.1, 0.15) is 0 Å². The average molecular weight is 277 g/mol. The number of hydrogen-bond acceptors (Lipinski definition) is 4. The fourth-order valence-electron chi connectivity index (χ4n) is 2.74. The summed E-state index contributed by atoms with van der Waals surface area (Å²) in [6, 6.07) is 8.50. The average Bonchev–Trinajstić information content (AvgIpc) is 2.48. The highest BCUT2D eigenvalue weighted by atomic mass is 16.3. The zero-order valence-electron chi connectivity index (χ0n) is 12.9. The summed E-state index contributed by atoms with van der Waals surface area (Å²) in [5.74, 6) is 0. The lowest BCUT2D eigenvalue weighted by molar-refractivity contribution is 0.178. The normalized spacial score (nSPS) is 17.8. The maximum absolute atomic E-state index is 9.74. The number of aliphatic hydroxyl groups is 1. The molecule has 112 valence electrons. The lowest BCUT2D eigenvalue weighted by Crippen LogP contribution is -2.56. The van der Waals surface area contributed by atoms with Crippen molar-refractivity contribution in [2.75, 3.05) is 49.6 Å². The van der Waals surface area contributed by atoms with Crippen LogP contribution in [-0.2, 0) is 0 Å². The molecule has 0 amide bonds. The number of para-hydroxylation sites is 2. The van der Waals surface area contributed by atoms with E-state index in [0.717, 1.165) is 32.6 Å². The standard InChI is InChI=1S/C16H27N3O/c1-4-9-17-16(2,13-20)12-19-11-10-18(3)14-7-5-6-8-15(14)19/h5-8,17,20H,4,9-13H2,1-3H3. The Hall–Kier alpha value is -1.26. The first kappa shape index (κ1) is 15.1. The quantitative estimate of drug-likeness (QED) is 0.830. The molecule has 0 saturated carbocycles. The van der Waals surface area contributed by atoms with Gasteiger partial charge in [-0.15, -0.1) is 0 Å². The van der Waals surface area contributed by atoms with Crippen LogP contribution in [0.15, 0.2) is 24.3 Å². The molecule has 0 saturated heterocycles. The molecule has 1 aromatic rings. The van der Waals surface area contributed by atoms with Gasteiger partial charge in [0.05, 0.1) is 23.5 Å². The number of fused-ring (bicyclic) bond motifs is 1. The van der Waals surface area contributed by atoms with Gasteiger partial charge < -0.3 is 20.2 Å². The molecule has 1 aliphatic rings. The van der Waals surface area contributed by atoms with Crippen molar-refractivity contribution in [3.05, 3.63) is 24.3 Å². The molecule has 1 atom stereocenters. The van der Waals surface area contributed by atoms with Gasteiger partial charge in [-0.25, -0.2) is 0 Å². The highest BCUT2D eigenvalue weighted by molar-refractivity contribution is 5.73. The predicted octanol–water partition coefficient (Wildman–Crippen LogP) is 1.69. The topological polar surface area (TPSA) is 38.7 Å². The molecule has 4 heteroatoms. The van der Waals surface area contributed by atoms with Gasteiger partial charge in [-0.1, -0.05) is 19.1 Å². The van der Waals surface area contributed by atoms with Crippen molar-refractivity contribution in [2.24, 2.45) is 0 Å². The zero-order chi connectivity index (χ0) is 14.6. The van der Waals surface area contributed by atoms with E-state index in [-0.39, 0.29) is 12.1 Å². The molecule has 0 aromatic heterocycles. The Bertz CT molecular complexity index is 437. The Morgan fingerprint density at radius 1 is 1.25 bits per heavy atom. The SMILES string of the molecule is CCCNC(C)(CO)CN1CCN(C)c2ccccc21. The molecule has 1 aromatic carbocycles. The largest absolute Gasteiger partial charge is 0.394 e. The molecule has 20 heavy (non-hydrogen) atoms. The van der Waals surface area contributed by atoms with Gasteiger partial charge in [-0.3, -0.25) is 0 Å². The second-order valence-corrected chi connectivity index (χ2v) is 5.98. The Morgan fingerprint density at radius 3 is 2.60 bits per heavy atom. The van der Waals surface area contributed by atoms with Crippen molar-refractivity contribution in [3.63, 3.8) is 0 Å². The molecule has 1 heterocycles. The molecular formula is C16H27N3O. The Kier molecular flexibility index (Phi) is 4.89. The van der Waals surface area contributed by atoms with Crippen molar-refractivity contribution in [1.29, 1.82) is 0 Å². The minimum Gasteiger partial charge on any atom is -0.394 e. The number of hydrogen-bond donors (Lipinski definition) is 2. The fraction of sp³-hybridized carbons (Fsp3) is 0.625. The minimum atomic E-state index is -0.251. The number of anilines is 2. The molecule has 4 nitrogen and oxygen atoms in total. The maximum atomic E-state index is 9.74. The summed E-state index contributed by atoms with van der Waals surface area (Å²) in [4.78, 5) is 4.68. The fourth-order valence-corrected chi connectivity index (χ4v) is 2.74. The first-order chi connectivity index (χ1) is 9.59. The van der Waals surface area contributed by atoms with Gasteiger partial charge in [0, 0.05) is 26.7 Å². The molecule has 0 aliphatic carbocycles. The van der Waals surface area contributed by atoms with E-state index in [1.807, 2.05) is 0 Å². The van der Waals surface area contributed by atoms with Crippen LogP contribution in [-0.4, -0.2) is 50.5 Å². The van der Waals surface area contributed by atoms with E-state index in [1.165, 1.54) is 11.4 Å². The molecule has 2 N–H and O–H groups in total. The van der Waals surface area contributed by atoms with Gasteiger partial charge in [0.2, 0.25) is 0 Å². The van der Waals surface area contributed by atoms with Crippen molar-refractivity contribution < 1.29 is 5.11 Å². The van der Waals surface area contributed by atoms with E-state index in [9.17, 15) is 5.11 Å². The van der Waals surface area contributed by atoms with Gasteiger partial charge in [-0.05, 0) is 32.0 Å². The van der Waals surface area contributed by atoms with Crippen LogP contribution >= 0.6 is 0 Å². The monoisotopic (exact) mass is 277 g/mol. The maximum Gasteiger partial charge on any atom is 0.0627 e. The molecule has 1 aliphatic heterocycles. The summed E-state index contributed by atoms with van der Waals surface area (Å²) in [5, 5.41) is 13.2. The van der Waals surface area contributed by atoms with Crippen molar-refractivity contribution >= 4 is 11.4 Å². The second-order valence-electron chi connectivity index (χ2n) is 5.98. The molecule has 0 radical (unpaired) electrons. The van der Waals surface area contributed by atoms with E-state index in [2.05, 4.69) is 60.3 Å². The van der Waals surface area contributed by atoms with Gasteiger partial charge >= 0.3 is 0 Å². The van der Waals surface area contributed by atoms with Crippen LogP contribution in [0.2, 0.25) is 0 Å². The Morgan fingerprint density at radius 2 is 1.95 bits per heavy atom. The van der Waals surface area contributed by atoms with Crippen molar-refractivity contribution in [2.45, 2.75) is 25.8 Å². The van der Waals surface area contributed by atoms with E-state index >= 15 is 0 Å². The summed E-state index contributed by atoms with van der Waals surface area (Å²) in [6.45, 7) is 8.19. The molecule has 0 bridgehead atoms. The molecule has 0 spiro atoms. The number of nitrogens with zero attached hydrogens (tertiary/aromatic N) is 2. The first-order valence-corrected chi connectivity index (χ1v) is 7.50. The van der Waals surface area contributed by atoms with Crippen LogP contribution < -0.4 is 15.1 Å². The smallest absolute Gasteiger partial charge is 0.0627 e. The van der Waals surface area contributed by atoms with Crippen LogP contribution in [0.1, 0.15) is 20.3 Å². The third-order valence-corrected chi connectivity index (χ3v) is 4.03. The highest BCUT2D eigenvalue weighted by Gasteiger charge is 2.29. The van der Waals surface area contributed by atoms with Crippen LogP contribution in [0.3, 0.4) is 0 Å². The van der Waals surface area contributed by atoms with E-state index in [0.29, 0.717) is 0 Å². The van der Waals surface area contributed by atoms with Gasteiger partial charge in [0.25, 0.3) is 0 Å². The van der Waals surface area contributed by atoms with Gasteiger partial charge in [0.15, 0.2) is 0 Å². The summed E-state index contributed by atoms with van der Waals surface area (Å²) in [5.41, 5.74) is 2.28. The van der Waals surface area contributed by atoms with Crippen LogP contribution in [0.25, 0.3) is 0 Å². The van der Waals surface area contributed by atoms with Crippen molar-refractivity contribution in [1.82, 2.24) is 5.32 Å². The third-order valence-electron chi connectivity index (χ3n) is 4.03. The van der Waals surface area contributed by atoms with E-state index < -0.39 is 0 Å². The third kappa shape index (κ3) is 3.25. The summed E-state index contributed by atoms with van der Waals surface area (Å²) >= 11 is 0. The van der Waals surface area contributed by atoms with Crippen LogP contribution in [0, 0.1) is 0 Å². The summed E-state index contributed by atoms with van der Waals surface area (Å²) in [6.07, 6.45) is 1.08. The predicted molar refractivity (Wildman–Crippen MR) is 85.7 cm³/mol. The lowest BCUT2D eigenvalue weighted by atomic mass is 10.0. The van der Waals surface area contributed by atoms with Crippen LogP contribution in [0.4, 0.5) is 11.4 Å². The second kappa shape index (κ2) is 6.46. The van der Waals surface area contributed by atoms with Crippen LogP contribution in [0.5, 0.6) is 0 Å². The zero-order valence-corrected chi connectivity index (χ0v) is 12.9. The summed E-state index contributed by atoms with van der Waals surface area (Å²) < 4.78 is 0. The van der Waals surface area contributed by atoms with E-state index in [4.69, 9.17) is 0 Å². The lowest BCUT2D eigenvalue weighted by Gasteiger charge is -2.42. The molecule has 0 fully saturated rings. The number of aliphatic hydroxyl groups excluding tert-OH is 1. The number of benzene rings is 1. The number of nitrogens with one attached hydrogen (secondary N) is 1. The highest BCUT2D eigenvalue weighted by Crippen LogP contribution is 2.32. The minimum absolute atomic E-state index is 0.154. The van der Waals surface area contributed by atoms with Gasteiger partial charge in [-0.2, -0.15) is 0 Å². The molecule has 1 unspecified atom stereocenters. The Labute approximate surface area is 122 Å². The molecule has 2 rings (SSSR count). The summed E-state index contributed by atoms with van der Waals surface area (Å²) in [7, 11) is 2.14. The number of rotatable bonds is 6. The van der Waals surface area contributed by atoms with Crippen molar-refractivity contribution in [3.8, 4) is 0 Å². The Balaban J connectivity index is 2.15. The first-order valence-electron chi connectivity index (χ1n) is 7.50. The number of likely N-dealkylation sites (N-methyl/N-ethyl adjacent to an activating group) is 1.